The molecule has 0 radical (unpaired) electrons. The van der Waals surface area contributed by atoms with Crippen molar-refractivity contribution in [3.8, 4) is 5.75 Å². The molecule has 0 unspecified atom stereocenters. The Morgan fingerprint density at radius 2 is 2.06 bits per heavy atom. The van der Waals surface area contributed by atoms with Crippen molar-refractivity contribution in [2.24, 2.45) is 0 Å². The van der Waals surface area contributed by atoms with Gasteiger partial charge in [0.2, 0.25) is 0 Å². The summed E-state index contributed by atoms with van der Waals surface area (Å²) in [5.74, 6) is -2.24. The van der Waals surface area contributed by atoms with Gasteiger partial charge in [-0.05, 0) is 12.1 Å². The fourth-order valence-electron chi connectivity index (χ4n) is 1.49. The van der Waals surface area contributed by atoms with Crippen LogP contribution in [0.5, 0.6) is 5.75 Å². The fourth-order valence-corrected chi connectivity index (χ4v) is 1.49. The minimum absolute atomic E-state index is 0.00249. The minimum atomic E-state index is -1.09. The van der Waals surface area contributed by atoms with Crippen LogP contribution in [0, 0.1) is 11.6 Å². The lowest BCUT2D eigenvalue weighted by atomic mass is 10.3. The summed E-state index contributed by atoms with van der Waals surface area (Å²) in [6.45, 7) is 0.295. The molecule has 4 nitrogen and oxygen atoms in total. The number of carbonyl (C=O) groups is 2. The zero-order chi connectivity index (χ0) is 12.4. The second-order valence-electron chi connectivity index (χ2n) is 3.65. The van der Waals surface area contributed by atoms with Crippen LogP contribution in [0.25, 0.3) is 0 Å². The van der Waals surface area contributed by atoms with Gasteiger partial charge in [0.25, 0.3) is 0 Å². The number of Topliss-reactive ketones (excluding diaryl/α,β-unsaturated/α-hetero) is 1. The number of nitrogens with zero attached hydrogens (tertiary/aromatic N) is 1. The molecular formula is C11H9F2NO3. The first-order chi connectivity index (χ1) is 8.06. The first kappa shape index (κ1) is 11.5. The Morgan fingerprint density at radius 1 is 1.29 bits per heavy atom. The van der Waals surface area contributed by atoms with Crippen molar-refractivity contribution in [1.29, 1.82) is 0 Å². The van der Waals surface area contributed by atoms with E-state index in [0.29, 0.717) is 13.0 Å². The third-order valence-corrected chi connectivity index (χ3v) is 2.38. The summed E-state index contributed by atoms with van der Waals surface area (Å²) in [5, 5.41) is 0. The van der Waals surface area contributed by atoms with Gasteiger partial charge in [-0.25, -0.2) is 13.6 Å². The summed E-state index contributed by atoms with van der Waals surface area (Å²) in [6, 6.07) is 2.80. The first-order valence-corrected chi connectivity index (χ1v) is 5.00. The van der Waals surface area contributed by atoms with E-state index in [0.717, 1.165) is 18.2 Å². The lowest BCUT2D eigenvalue weighted by Gasteiger charge is -2.13. The van der Waals surface area contributed by atoms with Crippen LogP contribution in [0.1, 0.15) is 6.42 Å². The van der Waals surface area contributed by atoms with Crippen LogP contribution in [0.4, 0.5) is 13.6 Å². The lowest BCUT2D eigenvalue weighted by Crippen LogP contribution is -2.31. The molecule has 0 saturated carbocycles. The molecule has 1 amide bonds. The van der Waals surface area contributed by atoms with E-state index in [4.69, 9.17) is 4.74 Å². The predicted molar refractivity (Wildman–Crippen MR) is 53.6 cm³/mol. The van der Waals surface area contributed by atoms with Crippen LogP contribution < -0.4 is 4.74 Å². The first-order valence-electron chi connectivity index (χ1n) is 5.00. The Hall–Kier alpha value is -1.98. The Bertz CT molecular complexity index is 476. The average Bonchev–Trinajstić information content (AvgIpc) is 2.70. The van der Waals surface area contributed by atoms with Crippen LogP contribution in [0.2, 0.25) is 0 Å². The van der Waals surface area contributed by atoms with Crippen LogP contribution >= 0.6 is 0 Å². The molecule has 17 heavy (non-hydrogen) atoms. The van der Waals surface area contributed by atoms with Crippen molar-refractivity contribution in [2.75, 3.05) is 13.1 Å². The number of ketones is 1. The standard InChI is InChI=1S/C11H9F2NO3/c12-9-2-1-8(5-10(9)13)17-11(16)14-4-3-7(15)6-14/h1-2,5H,3-4,6H2. The van der Waals surface area contributed by atoms with Gasteiger partial charge in [-0.15, -0.1) is 0 Å². The number of likely N-dealkylation sites (tertiary alicyclic amines) is 1. The smallest absolute Gasteiger partial charge is 0.410 e. The quantitative estimate of drug-likeness (QED) is 0.752. The summed E-state index contributed by atoms with van der Waals surface area (Å²) in [4.78, 5) is 23.7. The highest BCUT2D eigenvalue weighted by Crippen LogP contribution is 2.17. The van der Waals surface area contributed by atoms with Crippen LogP contribution in [-0.4, -0.2) is 29.9 Å². The fraction of sp³-hybridized carbons (Fsp3) is 0.273. The summed E-state index contributed by atoms with van der Waals surface area (Å²) in [6.07, 6.45) is -0.436. The van der Waals surface area contributed by atoms with Gasteiger partial charge in [0.1, 0.15) is 5.75 Å². The van der Waals surface area contributed by atoms with E-state index in [2.05, 4.69) is 0 Å². The molecule has 90 valence electrons. The molecule has 0 N–H and O–H groups in total. The summed E-state index contributed by atoms with van der Waals surface area (Å²) >= 11 is 0. The molecule has 2 rings (SSSR count). The van der Waals surface area contributed by atoms with E-state index in [1.54, 1.807) is 0 Å². The van der Waals surface area contributed by atoms with Crippen molar-refractivity contribution in [3.05, 3.63) is 29.8 Å². The van der Waals surface area contributed by atoms with Crippen LogP contribution in [0.15, 0.2) is 18.2 Å². The number of carbonyl (C=O) groups excluding carboxylic acids is 2. The monoisotopic (exact) mass is 241 g/mol. The highest BCUT2D eigenvalue weighted by molar-refractivity contribution is 5.87. The van der Waals surface area contributed by atoms with Crippen LogP contribution in [-0.2, 0) is 4.79 Å². The molecule has 6 heteroatoms. The van der Waals surface area contributed by atoms with Crippen molar-refractivity contribution < 1.29 is 23.1 Å². The van der Waals surface area contributed by atoms with Crippen molar-refractivity contribution >= 4 is 11.9 Å². The molecule has 1 fully saturated rings. The molecule has 1 aromatic rings. The number of ether oxygens (including phenoxy) is 1. The maximum absolute atomic E-state index is 12.8. The lowest BCUT2D eigenvalue weighted by molar-refractivity contribution is -0.116. The Balaban J connectivity index is 2.03. The van der Waals surface area contributed by atoms with E-state index in [1.165, 1.54) is 4.90 Å². The van der Waals surface area contributed by atoms with Crippen molar-refractivity contribution in [2.45, 2.75) is 6.42 Å². The van der Waals surface area contributed by atoms with Gasteiger partial charge in [-0.2, -0.15) is 0 Å². The molecule has 1 saturated heterocycles. The van der Waals surface area contributed by atoms with E-state index >= 15 is 0 Å². The van der Waals surface area contributed by atoms with Crippen molar-refractivity contribution in [3.63, 3.8) is 0 Å². The molecule has 0 aliphatic carbocycles. The summed E-state index contributed by atoms with van der Waals surface area (Å²) < 4.78 is 30.3. The SMILES string of the molecule is O=C1CCN(C(=O)Oc2ccc(F)c(F)c2)C1. The third-order valence-electron chi connectivity index (χ3n) is 2.38. The largest absolute Gasteiger partial charge is 0.415 e. The van der Waals surface area contributed by atoms with E-state index in [9.17, 15) is 18.4 Å². The maximum Gasteiger partial charge on any atom is 0.415 e. The third kappa shape index (κ3) is 2.58. The highest BCUT2D eigenvalue weighted by Gasteiger charge is 2.25. The zero-order valence-electron chi connectivity index (χ0n) is 8.78. The average molecular weight is 241 g/mol. The molecule has 1 aromatic carbocycles. The van der Waals surface area contributed by atoms with E-state index in [1.807, 2.05) is 0 Å². The number of hydrogen-bond acceptors (Lipinski definition) is 3. The molecule has 0 atom stereocenters. The molecule has 1 heterocycles. The van der Waals surface area contributed by atoms with Gasteiger partial charge in [-0.3, -0.25) is 4.79 Å². The second-order valence-corrected chi connectivity index (χ2v) is 3.65. The van der Waals surface area contributed by atoms with Crippen molar-refractivity contribution in [1.82, 2.24) is 4.90 Å². The van der Waals surface area contributed by atoms with Crippen LogP contribution in [0.3, 0.4) is 0 Å². The van der Waals surface area contributed by atoms with Gasteiger partial charge in [0.15, 0.2) is 17.4 Å². The number of amides is 1. The number of rotatable bonds is 1. The highest BCUT2D eigenvalue weighted by atomic mass is 19.2. The normalized spacial score (nSPS) is 15.2. The summed E-state index contributed by atoms with van der Waals surface area (Å²) in [7, 11) is 0. The Labute approximate surface area is 95.8 Å². The van der Waals surface area contributed by atoms with E-state index < -0.39 is 17.7 Å². The topological polar surface area (TPSA) is 46.6 Å². The van der Waals surface area contributed by atoms with Gasteiger partial charge in [0, 0.05) is 19.0 Å². The molecule has 1 aliphatic heterocycles. The molecular weight excluding hydrogens is 232 g/mol. The van der Waals surface area contributed by atoms with Gasteiger partial charge < -0.3 is 9.64 Å². The van der Waals surface area contributed by atoms with Gasteiger partial charge in [-0.1, -0.05) is 0 Å². The summed E-state index contributed by atoms with van der Waals surface area (Å²) in [5.41, 5.74) is 0. The van der Waals surface area contributed by atoms with Gasteiger partial charge >= 0.3 is 6.09 Å². The maximum atomic E-state index is 12.8. The Kier molecular flexibility index (Phi) is 3.03. The number of hydrogen-bond donors (Lipinski definition) is 0. The molecule has 0 bridgehead atoms. The van der Waals surface area contributed by atoms with E-state index in [-0.39, 0.29) is 18.1 Å². The minimum Gasteiger partial charge on any atom is -0.410 e. The van der Waals surface area contributed by atoms with Gasteiger partial charge in [0.05, 0.1) is 6.54 Å². The number of halogens is 2. The molecule has 1 aliphatic rings. The number of benzene rings is 1. The zero-order valence-corrected chi connectivity index (χ0v) is 8.78. The predicted octanol–water partition coefficient (Wildman–Crippen LogP) is 1.74. The molecule has 0 aromatic heterocycles. The Morgan fingerprint density at radius 3 is 2.65 bits per heavy atom. The molecule has 0 spiro atoms. The second kappa shape index (κ2) is 4.48.